The van der Waals surface area contributed by atoms with E-state index in [0.717, 1.165) is 12.8 Å². The minimum atomic E-state index is -0.758. The van der Waals surface area contributed by atoms with E-state index in [4.69, 9.17) is 9.57 Å². The Labute approximate surface area is 114 Å². The number of rotatable bonds is 2. The Hall–Kier alpha value is -1.30. The Morgan fingerprint density at radius 2 is 1.84 bits per heavy atom. The van der Waals surface area contributed by atoms with E-state index in [-0.39, 0.29) is 5.91 Å². The van der Waals surface area contributed by atoms with E-state index in [2.05, 4.69) is 0 Å². The van der Waals surface area contributed by atoms with Gasteiger partial charge >= 0.3 is 6.16 Å². The number of carbonyl (C=O) groups is 2. The normalized spacial score (nSPS) is 20.8. The molecule has 1 atom stereocenters. The molecule has 1 saturated heterocycles. The van der Waals surface area contributed by atoms with Gasteiger partial charge in [-0.2, -0.15) is 0 Å². The molecule has 0 aromatic carbocycles. The van der Waals surface area contributed by atoms with Crippen molar-refractivity contribution < 1.29 is 19.2 Å². The predicted octanol–water partition coefficient (Wildman–Crippen LogP) is 1.80. The number of hydrogen-bond acceptors (Lipinski definition) is 5. The smallest absolute Gasteiger partial charge is 0.427 e. The number of ether oxygens (including phenoxy) is 1. The fourth-order valence-electron chi connectivity index (χ4n) is 1.92. The molecule has 0 aromatic heterocycles. The van der Waals surface area contributed by atoms with Crippen LogP contribution < -0.4 is 0 Å². The van der Waals surface area contributed by atoms with Crippen LogP contribution in [0.4, 0.5) is 4.79 Å². The second-order valence-electron chi connectivity index (χ2n) is 5.94. The Kier molecular flexibility index (Phi) is 5.17. The van der Waals surface area contributed by atoms with Crippen molar-refractivity contribution in [3.63, 3.8) is 0 Å². The Morgan fingerprint density at radius 1 is 1.21 bits per heavy atom. The molecule has 1 heterocycles. The van der Waals surface area contributed by atoms with Crippen molar-refractivity contribution in [1.82, 2.24) is 9.96 Å². The third-order valence-corrected chi connectivity index (χ3v) is 2.76. The van der Waals surface area contributed by atoms with Gasteiger partial charge in [0.2, 0.25) is 5.91 Å². The fraction of sp³-hybridized carbons (Fsp3) is 0.846. The second-order valence-corrected chi connectivity index (χ2v) is 5.94. The fourth-order valence-corrected chi connectivity index (χ4v) is 1.92. The molecule has 0 aromatic rings. The van der Waals surface area contributed by atoms with Crippen LogP contribution in [0.15, 0.2) is 0 Å². The van der Waals surface area contributed by atoms with Crippen LogP contribution in [-0.4, -0.2) is 54.3 Å². The molecular weight excluding hydrogens is 248 g/mol. The van der Waals surface area contributed by atoms with Gasteiger partial charge in [0.05, 0.1) is 0 Å². The van der Waals surface area contributed by atoms with Crippen molar-refractivity contribution in [3.8, 4) is 0 Å². The van der Waals surface area contributed by atoms with E-state index < -0.39 is 17.8 Å². The molecule has 0 saturated carbocycles. The molecule has 1 aliphatic heterocycles. The molecule has 6 nitrogen and oxygen atoms in total. The van der Waals surface area contributed by atoms with Gasteiger partial charge in [-0.1, -0.05) is 0 Å². The van der Waals surface area contributed by atoms with Crippen LogP contribution >= 0.6 is 0 Å². The summed E-state index contributed by atoms with van der Waals surface area (Å²) in [6, 6.07) is -0.406. The van der Waals surface area contributed by atoms with Crippen molar-refractivity contribution in [1.29, 1.82) is 0 Å². The molecule has 110 valence electrons. The van der Waals surface area contributed by atoms with E-state index in [0.29, 0.717) is 13.0 Å². The highest BCUT2D eigenvalue weighted by atomic mass is 16.8. The van der Waals surface area contributed by atoms with Crippen LogP contribution in [0.2, 0.25) is 0 Å². The van der Waals surface area contributed by atoms with Crippen molar-refractivity contribution in [2.75, 3.05) is 20.6 Å². The van der Waals surface area contributed by atoms with Crippen molar-refractivity contribution in [3.05, 3.63) is 0 Å². The summed E-state index contributed by atoms with van der Waals surface area (Å²) < 4.78 is 5.10. The lowest BCUT2D eigenvalue weighted by Crippen LogP contribution is -2.50. The summed E-state index contributed by atoms with van der Waals surface area (Å²) in [5.74, 6) is -0.0525. The molecular formula is C13H24N2O4. The first-order valence-corrected chi connectivity index (χ1v) is 6.59. The monoisotopic (exact) mass is 272 g/mol. The highest BCUT2D eigenvalue weighted by Gasteiger charge is 2.33. The number of hydrogen-bond donors (Lipinski definition) is 0. The van der Waals surface area contributed by atoms with Gasteiger partial charge in [0.25, 0.3) is 0 Å². The summed E-state index contributed by atoms with van der Waals surface area (Å²) in [6.07, 6.45) is 1.80. The highest BCUT2D eigenvalue weighted by Crippen LogP contribution is 2.20. The largest absolute Gasteiger partial charge is 0.528 e. The molecule has 0 aliphatic carbocycles. The van der Waals surface area contributed by atoms with Crippen molar-refractivity contribution >= 4 is 12.1 Å². The molecule has 1 rings (SSSR count). The first kappa shape index (κ1) is 15.8. The van der Waals surface area contributed by atoms with E-state index in [1.165, 1.54) is 9.96 Å². The second kappa shape index (κ2) is 6.23. The first-order chi connectivity index (χ1) is 8.70. The number of likely N-dealkylation sites (N-methyl/N-ethyl adjacent to an activating group) is 1. The zero-order chi connectivity index (χ0) is 14.6. The average Bonchev–Trinajstić information content (AvgIpc) is 2.26. The van der Waals surface area contributed by atoms with E-state index in [1.54, 1.807) is 34.9 Å². The number of piperidine rings is 1. The molecule has 0 spiro atoms. The van der Waals surface area contributed by atoms with Gasteiger partial charge in [-0.05, 0) is 40.0 Å². The molecule has 0 N–H and O–H groups in total. The quantitative estimate of drug-likeness (QED) is 0.717. The average molecular weight is 272 g/mol. The zero-order valence-corrected chi connectivity index (χ0v) is 12.4. The van der Waals surface area contributed by atoms with Gasteiger partial charge in [-0.3, -0.25) is 4.79 Å². The van der Waals surface area contributed by atoms with Gasteiger partial charge in [-0.25, -0.2) is 4.79 Å². The molecule has 0 radical (unpaired) electrons. The molecule has 19 heavy (non-hydrogen) atoms. The van der Waals surface area contributed by atoms with Crippen LogP contribution in [-0.2, 0) is 14.4 Å². The Balaban J connectivity index is 2.63. The summed E-state index contributed by atoms with van der Waals surface area (Å²) in [7, 11) is 3.39. The topological polar surface area (TPSA) is 59.1 Å². The van der Waals surface area contributed by atoms with E-state index in [9.17, 15) is 9.59 Å². The summed E-state index contributed by atoms with van der Waals surface area (Å²) in [6.45, 7) is 5.87. The van der Waals surface area contributed by atoms with Crippen LogP contribution in [0.5, 0.6) is 0 Å². The molecule has 0 bridgehead atoms. The summed E-state index contributed by atoms with van der Waals surface area (Å²) in [4.78, 5) is 30.4. The van der Waals surface area contributed by atoms with Crippen LogP contribution in [0.25, 0.3) is 0 Å². The molecule has 6 heteroatoms. The van der Waals surface area contributed by atoms with Gasteiger partial charge in [0.15, 0.2) is 0 Å². The minimum Gasteiger partial charge on any atom is -0.427 e. The predicted molar refractivity (Wildman–Crippen MR) is 70.4 cm³/mol. The van der Waals surface area contributed by atoms with Crippen molar-refractivity contribution in [2.24, 2.45) is 0 Å². The maximum Gasteiger partial charge on any atom is 0.528 e. The van der Waals surface area contributed by atoms with Crippen LogP contribution in [0.3, 0.4) is 0 Å². The number of amides is 1. The molecule has 1 amide bonds. The van der Waals surface area contributed by atoms with Crippen LogP contribution in [0.1, 0.15) is 40.0 Å². The number of hydroxylamine groups is 2. The van der Waals surface area contributed by atoms with Crippen molar-refractivity contribution in [2.45, 2.75) is 51.7 Å². The Bertz CT molecular complexity index is 336. The molecule has 1 fully saturated rings. The maximum atomic E-state index is 12.0. The lowest BCUT2D eigenvalue weighted by Gasteiger charge is -2.34. The lowest BCUT2D eigenvalue weighted by molar-refractivity contribution is -0.186. The van der Waals surface area contributed by atoms with Gasteiger partial charge < -0.3 is 14.5 Å². The van der Waals surface area contributed by atoms with Crippen LogP contribution in [0, 0.1) is 0 Å². The zero-order valence-electron chi connectivity index (χ0n) is 12.4. The first-order valence-electron chi connectivity index (χ1n) is 6.59. The summed E-state index contributed by atoms with van der Waals surface area (Å²) in [5.41, 5.74) is -0.603. The van der Waals surface area contributed by atoms with Gasteiger partial charge in [0, 0.05) is 20.6 Å². The third-order valence-electron chi connectivity index (χ3n) is 2.76. The van der Waals surface area contributed by atoms with E-state index in [1.807, 2.05) is 0 Å². The van der Waals surface area contributed by atoms with Gasteiger partial charge in [0.1, 0.15) is 11.6 Å². The summed E-state index contributed by atoms with van der Waals surface area (Å²) in [5, 5.41) is 1.44. The number of nitrogens with zero attached hydrogens (tertiary/aromatic N) is 2. The third kappa shape index (κ3) is 5.06. The maximum absolute atomic E-state index is 12.0. The SMILES string of the molecule is CN(C)C(=O)C1CCCCN1OC(=O)OC(C)(C)C. The Morgan fingerprint density at radius 3 is 2.37 bits per heavy atom. The van der Waals surface area contributed by atoms with Gasteiger partial charge in [-0.15, -0.1) is 5.06 Å². The van der Waals surface area contributed by atoms with E-state index >= 15 is 0 Å². The highest BCUT2D eigenvalue weighted by molar-refractivity contribution is 5.81. The lowest BCUT2D eigenvalue weighted by atomic mass is 10.0. The minimum absolute atomic E-state index is 0.0525. The molecule has 1 unspecified atom stereocenters. The number of carbonyl (C=O) groups excluding carboxylic acids is 2. The standard InChI is InChI=1S/C13H24N2O4/c1-13(2,3)18-12(17)19-15-9-7-6-8-10(15)11(16)14(4)5/h10H,6-9H2,1-5H3. The summed E-state index contributed by atoms with van der Waals surface area (Å²) >= 11 is 0. The molecule has 1 aliphatic rings.